The van der Waals surface area contributed by atoms with Gasteiger partial charge in [0.05, 0.1) is 33.8 Å². The Balaban J connectivity index is 5.05. The van der Waals surface area contributed by atoms with Crippen LogP contribution in [0, 0.1) is 0 Å². The van der Waals surface area contributed by atoms with Crippen LogP contribution in [0.1, 0.15) is 380 Å². The molecule has 0 spiro atoms. The zero-order valence-electron chi connectivity index (χ0n) is 56.5. The lowest BCUT2D eigenvalue weighted by atomic mass is 10.0. The molecule has 1 amide bonds. The summed E-state index contributed by atoms with van der Waals surface area (Å²) in [5.74, 6) is -0.481. The number of esters is 1. The molecule has 0 rings (SSSR count). The van der Waals surface area contributed by atoms with Crippen LogP contribution in [-0.4, -0.2) is 74.3 Å². The quantitative estimate of drug-likeness (QED) is 0.0205. The first-order chi connectivity index (χ1) is 40.4. The van der Waals surface area contributed by atoms with E-state index >= 15 is 0 Å². The second-order valence-corrected chi connectivity index (χ2v) is 27.9. The molecule has 0 aromatic heterocycles. The molecule has 83 heavy (non-hydrogen) atoms. The van der Waals surface area contributed by atoms with E-state index in [1.165, 1.54) is 289 Å². The van der Waals surface area contributed by atoms with Gasteiger partial charge in [0, 0.05) is 12.8 Å². The maximum absolute atomic E-state index is 13.6. The fraction of sp³-hybridized carbons (Fsp3) is 0.918. The topological polar surface area (TPSA) is 111 Å². The lowest BCUT2D eigenvalue weighted by molar-refractivity contribution is -0.870. The van der Waals surface area contributed by atoms with E-state index in [1.807, 2.05) is 27.2 Å². The molecule has 0 aromatic rings. The van der Waals surface area contributed by atoms with E-state index in [0.29, 0.717) is 23.9 Å². The Morgan fingerprint density at radius 2 is 0.699 bits per heavy atom. The summed E-state index contributed by atoms with van der Waals surface area (Å²) in [5, 5.41) is 3.08. The summed E-state index contributed by atoms with van der Waals surface area (Å²) >= 11 is 0. The first-order valence-corrected chi connectivity index (χ1v) is 38.2. The minimum Gasteiger partial charge on any atom is -0.456 e. The summed E-state index contributed by atoms with van der Waals surface area (Å²) in [7, 11) is 1.52. The van der Waals surface area contributed by atoms with Crippen LogP contribution < -0.4 is 5.32 Å². The molecule has 0 bridgehead atoms. The monoisotopic (exact) mass is 1190 g/mol. The number of phosphoric acid groups is 1. The van der Waals surface area contributed by atoms with Crippen molar-refractivity contribution in [1.29, 1.82) is 0 Å². The number of unbranched alkanes of at least 4 members (excludes halogenated alkanes) is 50. The van der Waals surface area contributed by atoms with Crippen molar-refractivity contribution >= 4 is 19.7 Å². The fourth-order valence-corrected chi connectivity index (χ4v) is 12.0. The summed E-state index contributed by atoms with van der Waals surface area (Å²) in [6, 6.07) is -0.844. The van der Waals surface area contributed by atoms with Crippen LogP contribution in [-0.2, 0) is 27.9 Å². The Labute approximate surface area is 517 Å². The van der Waals surface area contributed by atoms with Crippen molar-refractivity contribution in [3.05, 3.63) is 24.3 Å². The average Bonchev–Trinajstić information content (AvgIpc) is 3.46. The average molecular weight is 1190 g/mol. The standard InChI is InChI=1S/C73H143N2O7P/c1-7-10-13-16-19-22-25-28-30-32-34-36-37-39-41-43-45-48-51-54-57-60-63-66-73(77)82-71(64-61-58-55-52-49-46-27-24-21-18-15-12-9-3)70(69-81-83(78,79)80-68-67-75(4,5)6)74-72(76)65-62-59-56-53-50-47-44-42-40-38-35-33-31-29-26-23-20-17-14-11-8-2/h29,31,61,64,70-71H,7-28,30,32-60,62-63,65-69H2,1-6H3,(H-,74,76,78,79)/p+1/b31-29+,64-61+. The Bertz CT molecular complexity index is 1470. The molecule has 3 unspecified atom stereocenters. The van der Waals surface area contributed by atoms with E-state index in [-0.39, 0.29) is 25.1 Å². The van der Waals surface area contributed by atoms with Crippen molar-refractivity contribution in [1.82, 2.24) is 5.32 Å². The number of hydrogen-bond donors (Lipinski definition) is 2. The van der Waals surface area contributed by atoms with Gasteiger partial charge in [0.15, 0.2) is 0 Å². The summed E-state index contributed by atoms with van der Waals surface area (Å²) in [6.07, 6.45) is 77.6. The summed E-state index contributed by atoms with van der Waals surface area (Å²) in [5.41, 5.74) is 0. The zero-order chi connectivity index (χ0) is 60.7. The first-order valence-electron chi connectivity index (χ1n) is 36.7. The minimum atomic E-state index is -4.45. The van der Waals surface area contributed by atoms with Gasteiger partial charge in [-0.3, -0.25) is 18.6 Å². The van der Waals surface area contributed by atoms with Crippen LogP contribution in [0.2, 0.25) is 0 Å². The number of allylic oxidation sites excluding steroid dienone is 3. The molecule has 0 aliphatic heterocycles. The molecule has 3 atom stereocenters. The van der Waals surface area contributed by atoms with E-state index in [1.54, 1.807) is 0 Å². The molecule has 0 fully saturated rings. The molecule has 0 radical (unpaired) electrons. The Morgan fingerprint density at radius 1 is 0.410 bits per heavy atom. The van der Waals surface area contributed by atoms with Crippen molar-refractivity contribution < 1.29 is 37.3 Å². The number of ether oxygens (including phenoxy) is 1. The number of carbonyl (C=O) groups is 2. The van der Waals surface area contributed by atoms with Crippen molar-refractivity contribution in [3.63, 3.8) is 0 Å². The Kier molecular flexibility index (Phi) is 62.4. The number of nitrogens with zero attached hydrogens (tertiary/aromatic N) is 1. The molecule has 0 aliphatic carbocycles. The number of carbonyl (C=O) groups excluding carboxylic acids is 2. The third-order valence-corrected chi connectivity index (χ3v) is 17.9. The molecule has 2 N–H and O–H groups in total. The van der Waals surface area contributed by atoms with Gasteiger partial charge in [0.2, 0.25) is 5.91 Å². The van der Waals surface area contributed by atoms with Gasteiger partial charge in [0.1, 0.15) is 19.3 Å². The molecular weight excluding hydrogens is 1050 g/mol. The first kappa shape index (κ1) is 81.5. The van der Waals surface area contributed by atoms with Gasteiger partial charge in [-0.15, -0.1) is 0 Å². The lowest BCUT2D eigenvalue weighted by Gasteiger charge is -2.27. The van der Waals surface area contributed by atoms with Gasteiger partial charge in [-0.05, 0) is 57.4 Å². The third-order valence-electron chi connectivity index (χ3n) is 16.9. The number of phosphoric ester groups is 1. The van der Waals surface area contributed by atoms with E-state index < -0.39 is 20.0 Å². The van der Waals surface area contributed by atoms with Gasteiger partial charge >= 0.3 is 13.8 Å². The lowest BCUT2D eigenvalue weighted by Crippen LogP contribution is -2.47. The summed E-state index contributed by atoms with van der Waals surface area (Å²) in [6.45, 7) is 7.09. The van der Waals surface area contributed by atoms with E-state index in [2.05, 4.69) is 44.3 Å². The van der Waals surface area contributed by atoms with Gasteiger partial charge in [-0.1, -0.05) is 334 Å². The number of rotatable bonds is 68. The Morgan fingerprint density at radius 3 is 1.02 bits per heavy atom. The molecule has 0 heterocycles. The van der Waals surface area contributed by atoms with Crippen LogP contribution in [0.5, 0.6) is 0 Å². The van der Waals surface area contributed by atoms with Crippen molar-refractivity contribution in [3.8, 4) is 0 Å². The predicted octanol–water partition coefficient (Wildman–Crippen LogP) is 23.2. The summed E-state index contributed by atoms with van der Waals surface area (Å²) < 4.78 is 30.9. The molecule has 0 aliphatic rings. The highest BCUT2D eigenvalue weighted by molar-refractivity contribution is 7.47. The smallest absolute Gasteiger partial charge is 0.456 e. The molecule has 9 nitrogen and oxygen atoms in total. The maximum Gasteiger partial charge on any atom is 0.472 e. The molecule has 0 saturated heterocycles. The second kappa shape index (κ2) is 63.5. The molecule has 0 saturated carbocycles. The predicted molar refractivity (Wildman–Crippen MR) is 360 cm³/mol. The maximum atomic E-state index is 13.6. The van der Waals surface area contributed by atoms with E-state index in [0.717, 1.165) is 57.8 Å². The molecule has 492 valence electrons. The van der Waals surface area contributed by atoms with Crippen LogP contribution in [0.4, 0.5) is 0 Å². The van der Waals surface area contributed by atoms with Crippen LogP contribution in [0.25, 0.3) is 0 Å². The number of nitrogens with one attached hydrogen (secondary N) is 1. The van der Waals surface area contributed by atoms with Gasteiger partial charge in [-0.2, -0.15) is 0 Å². The van der Waals surface area contributed by atoms with Crippen molar-refractivity contribution in [2.75, 3.05) is 40.9 Å². The van der Waals surface area contributed by atoms with Crippen LogP contribution in [0.15, 0.2) is 24.3 Å². The largest absolute Gasteiger partial charge is 0.472 e. The molecule has 0 aromatic carbocycles. The van der Waals surface area contributed by atoms with Crippen molar-refractivity contribution in [2.24, 2.45) is 0 Å². The van der Waals surface area contributed by atoms with Crippen molar-refractivity contribution in [2.45, 2.75) is 392 Å². The van der Waals surface area contributed by atoms with Crippen LogP contribution in [0.3, 0.4) is 0 Å². The summed E-state index contributed by atoms with van der Waals surface area (Å²) in [4.78, 5) is 37.9. The highest BCUT2D eigenvalue weighted by atomic mass is 31.2. The number of amides is 1. The number of hydrogen-bond acceptors (Lipinski definition) is 6. The minimum absolute atomic E-state index is 0.0443. The third kappa shape index (κ3) is 64.8. The SMILES string of the molecule is CCCCCCCC/C=C/CCCCCCCCCCCCCC(=O)NC(COP(=O)(O)OCC[N+](C)(C)C)C(/C=C/CCCCCCCCCCCCC)OC(=O)CCCCCCCCCCCCCCCCCCCCCCCCC. The van der Waals surface area contributed by atoms with Gasteiger partial charge in [-0.25, -0.2) is 4.57 Å². The van der Waals surface area contributed by atoms with Gasteiger partial charge < -0.3 is 19.4 Å². The zero-order valence-corrected chi connectivity index (χ0v) is 57.4. The number of likely N-dealkylation sites (N-methyl/N-ethyl adjacent to an activating group) is 1. The normalized spacial score (nSPS) is 13.6. The molecular formula is C73H144N2O7P+. The fourth-order valence-electron chi connectivity index (χ4n) is 11.2. The number of quaternary nitrogens is 1. The van der Waals surface area contributed by atoms with Crippen LogP contribution >= 0.6 is 7.82 Å². The van der Waals surface area contributed by atoms with E-state index in [4.69, 9.17) is 13.8 Å². The Hall–Kier alpha value is -1.51. The van der Waals surface area contributed by atoms with Gasteiger partial charge in [0.25, 0.3) is 0 Å². The molecule has 10 heteroatoms. The van der Waals surface area contributed by atoms with E-state index in [9.17, 15) is 19.0 Å². The highest BCUT2D eigenvalue weighted by Crippen LogP contribution is 2.43. The highest BCUT2D eigenvalue weighted by Gasteiger charge is 2.30. The second-order valence-electron chi connectivity index (χ2n) is 26.5.